The van der Waals surface area contributed by atoms with Gasteiger partial charge >= 0.3 is 0 Å². The predicted molar refractivity (Wildman–Crippen MR) is 102 cm³/mol. The first-order valence-electron chi connectivity index (χ1n) is 9.59. The fourth-order valence-electron chi connectivity index (χ4n) is 3.81. The molecular formula is C21H25N3O3. The van der Waals surface area contributed by atoms with Gasteiger partial charge in [0, 0.05) is 25.7 Å². The van der Waals surface area contributed by atoms with Crippen molar-refractivity contribution < 1.29 is 14.4 Å². The SMILES string of the molecule is O=C(c1cc(CN2CCCC(O)C2)on1)N1CC=C(c2ccccc2)CC1. The van der Waals surface area contributed by atoms with Gasteiger partial charge < -0.3 is 14.5 Å². The molecule has 142 valence electrons. The minimum atomic E-state index is -0.276. The van der Waals surface area contributed by atoms with Crippen molar-refractivity contribution >= 4 is 11.5 Å². The lowest BCUT2D eigenvalue weighted by Crippen LogP contribution is -2.37. The lowest BCUT2D eigenvalue weighted by molar-refractivity contribution is 0.0622. The molecule has 2 aromatic rings. The van der Waals surface area contributed by atoms with E-state index in [2.05, 4.69) is 28.3 Å². The third-order valence-electron chi connectivity index (χ3n) is 5.28. The Bertz CT molecular complexity index is 815. The molecule has 1 unspecified atom stereocenters. The van der Waals surface area contributed by atoms with Crippen LogP contribution in [0.5, 0.6) is 0 Å². The Morgan fingerprint density at radius 1 is 1.26 bits per heavy atom. The first kappa shape index (κ1) is 17.9. The number of β-amino-alcohol motifs (C(OH)–C–C–N with tert-alkyl or cyclic N) is 1. The Morgan fingerprint density at radius 3 is 2.85 bits per heavy atom. The smallest absolute Gasteiger partial charge is 0.276 e. The summed E-state index contributed by atoms with van der Waals surface area (Å²) in [5.74, 6) is 0.581. The maximum atomic E-state index is 12.7. The topological polar surface area (TPSA) is 69.8 Å². The van der Waals surface area contributed by atoms with E-state index in [-0.39, 0.29) is 12.0 Å². The zero-order valence-corrected chi connectivity index (χ0v) is 15.4. The summed E-state index contributed by atoms with van der Waals surface area (Å²) in [5.41, 5.74) is 2.86. The maximum absolute atomic E-state index is 12.7. The summed E-state index contributed by atoms with van der Waals surface area (Å²) in [7, 11) is 0. The van der Waals surface area contributed by atoms with Gasteiger partial charge in [0.05, 0.1) is 12.6 Å². The van der Waals surface area contributed by atoms with Gasteiger partial charge in [-0.15, -0.1) is 0 Å². The number of aromatic nitrogens is 1. The second-order valence-electron chi connectivity index (χ2n) is 7.31. The van der Waals surface area contributed by atoms with Crippen molar-refractivity contribution in [1.29, 1.82) is 0 Å². The molecular weight excluding hydrogens is 342 g/mol. The summed E-state index contributed by atoms with van der Waals surface area (Å²) < 4.78 is 5.37. The Kier molecular flexibility index (Phi) is 5.36. The van der Waals surface area contributed by atoms with Gasteiger partial charge in [0.25, 0.3) is 5.91 Å². The molecule has 4 rings (SSSR count). The molecule has 1 amide bonds. The fourth-order valence-corrected chi connectivity index (χ4v) is 3.81. The molecule has 27 heavy (non-hydrogen) atoms. The number of carbonyl (C=O) groups excluding carboxylic acids is 1. The number of amides is 1. The molecule has 1 aromatic carbocycles. The van der Waals surface area contributed by atoms with Gasteiger partial charge in [0.1, 0.15) is 0 Å². The highest BCUT2D eigenvalue weighted by Gasteiger charge is 2.24. The summed E-state index contributed by atoms with van der Waals surface area (Å²) in [6, 6.07) is 12.0. The van der Waals surface area contributed by atoms with Gasteiger partial charge in [-0.3, -0.25) is 9.69 Å². The van der Waals surface area contributed by atoms with Crippen LogP contribution in [-0.2, 0) is 6.54 Å². The highest BCUT2D eigenvalue weighted by atomic mass is 16.5. The van der Waals surface area contributed by atoms with Gasteiger partial charge in [-0.1, -0.05) is 41.6 Å². The predicted octanol–water partition coefficient (Wildman–Crippen LogP) is 2.56. The Balaban J connectivity index is 1.36. The van der Waals surface area contributed by atoms with Crippen LogP contribution < -0.4 is 0 Å². The van der Waals surface area contributed by atoms with E-state index >= 15 is 0 Å². The van der Waals surface area contributed by atoms with Crippen LogP contribution in [0.15, 0.2) is 47.0 Å². The van der Waals surface area contributed by atoms with E-state index in [9.17, 15) is 9.90 Å². The summed E-state index contributed by atoms with van der Waals surface area (Å²) in [6.45, 7) is 3.42. The van der Waals surface area contributed by atoms with E-state index in [4.69, 9.17) is 4.52 Å². The molecule has 1 fully saturated rings. The lowest BCUT2D eigenvalue weighted by Gasteiger charge is -2.28. The van der Waals surface area contributed by atoms with E-state index in [0.717, 1.165) is 25.8 Å². The zero-order chi connectivity index (χ0) is 18.6. The van der Waals surface area contributed by atoms with E-state index < -0.39 is 0 Å². The number of carbonyl (C=O) groups is 1. The molecule has 0 saturated carbocycles. The summed E-state index contributed by atoms with van der Waals surface area (Å²) >= 11 is 0. The first-order chi connectivity index (χ1) is 13.2. The van der Waals surface area contributed by atoms with Crippen molar-refractivity contribution in [3.8, 4) is 0 Å². The van der Waals surface area contributed by atoms with Gasteiger partial charge in [-0.2, -0.15) is 0 Å². The number of benzene rings is 1. The highest BCUT2D eigenvalue weighted by molar-refractivity contribution is 5.92. The number of aliphatic hydroxyl groups is 1. The van der Waals surface area contributed by atoms with E-state index in [1.54, 1.807) is 11.0 Å². The quantitative estimate of drug-likeness (QED) is 0.899. The van der Waals surface area contributed by atoms with Crippen LogP contribution in [-0.4, -0.2) is 58.3 Å². The number of hydrogen-bond acceptors (Lipinski definition) is 5. The molecule has 3 heterocycles. The molecule has 1 aromatic heterocycles. The second-order valence-corrected chi connectivity index (χ2v) is 7.31. The minimum Gasteiger partial charge on any atom is -0.392 e. The number of rotatable bonds is 4. The molecule has 2 aliphatic heterocycles. The van der Waals surface area contributed by atoms with Crippen LogP contribution in [0, 0.1) is 0 Å². The van der Waals surface area contributed by atoms with Crippen molar-refractivity contribution in [3.05, 3.63) is 59.5 Å². The van der Waals surface area contributed by atoms with Crippen LogP contribution >= 0.6 is 0 Å². The van der Waals surface area contributed by atoms with Crippen LogP contribution in [0.2, 0.25) is 0 Å². The first-order valence-corrected chi connectivity index (χ1v) is 9.59. The molecule has 6 heteroatoms. The van der Waals surface area contributed by atoms with Crippen molar-refractivity contribution in [1.82, 2.24) is 15.0 Å². The van der Waals surface area contributed by atoms with Crippen LogP contribution in [0.3, 0.4) is 0 Å². The molecule has 6 nitrogen and oxygen atoms in total. The van der Waals surface area contributed by atoms with Crippen molar-refractivity contribution in [2.24, 2.45) is 0 Å². The van der Waals surface area contributed by atoms with Gasteiger partial charge in [-0.25, -0.2) is 0 Å². The summed E-state index contributed by atoms with van der Waals surface area (Å²) in [4.78, 5) is 16.7. The Labute approximate surface area is 159 Å². The second kappa shape index (κ2) is 8.06. The summed E-state index contributed by atoms with van der Waals surface area (Å²) in [6.07, 6.45) is 4.51. The zero-order valence-electron chi connectivity index (χ0n) is 15.4. The minimum absolute atomic E-state index is 0.0907. The fraction of sp³-hybridized carbons (Fsp3) is 0.429. The molecule has 2 aliphatic rings. The van der Waals surface area contributed by atoms with E-state index in [1.165, 1.54) is 11.1 Å². The number of nitrogens with zero attached hydrogens (tertiary/aromatic N) is 3. The van der Waals surface area contributed by atoms with Crippen LogP contribution in [0.4, 0.5) is 0 Å². The lowest BCUT2D eigenvalue weighted by atomic mass is 9.99. The van der Waals surface area contributed by atoms with Gasteiger partial charge in [-0.05, 0) is 36.9 Å². The molecule has 1 N–H and O–H groups in total. The number of likely N-dealkylation sites (tertiary alicyclic amines) is 1. The highest BCUT2D eigenvalue weighted by Crippen LogP contribution is 2.23. The monoisotopic (exact) mass is 367 g/mol. The number of aliphatic hydroxyl groups excluding tert-OH is 1. The number of piperidine rings is 1. The molecule has 1 saturated heterocycles. The average Bonchev–Trinajstić information content (AvgIpc) is 3.17. The van der Waals surface area contributed by atoms with E-state index in [0.29, 0.717) is 37.6 Å². The Morgan fingerprint density at radius 2 is 2.11 bits per heavy atom. The number of hydrogen-bond donors (Lipinski definition) is 1. The molecule has 0 radical (unpaired) electrons. The van der Waals surface area contributed by atoms with Gasteiger partial charge in [0.2, 0.25) is 0 Å². The third-order valence-corrected chi connectivity index (χ3v) is 5.28. The standard InChI is InChI=1S/C21H25N3O3/c25-18-7-4-10-23(14-18)15-19-13-20(22-27-19)21(26)24-11-8-17(9-12-24)16-5-2-1-3-6-16/h1-3,5-6,8,13,18,25H,4,7,9-12,14-15H2. The molecule has 1 atom stereocenters. The normalized spacial score (nSPS) is 21.1. The molecule has 0 aliphatic carbocycles. The van der Waals surface area contributed by atoms with Crippen molar-refractivity contribution in [3.63, 3.8) is 0 Å². The van der Waals surface area contributed by atoms with Crippen molar-refractivity contribution in [2.75, 3.05) is 26.2 Å². The Hall–Kier alpha value is -2.44. The van der Waals surface area contributed by atoms with Gasteiger partial charge in [0.15, 0.2) is 11.5 Å². The molecule has 0 spiro atoms. The average molecular weight is 367 g/mol. The van der Waals surface area contributed by atoms with Crippen molar-refractivity contribution in [2.45, 2.75) is 31.9 Å². The largest absolute Gasteiger partial charge is 0.392 e. The van der Waals surface area contributed by atoms with Crippen LogP contribution in [0.1, 0.15) is 41.1 Å². The maximum Gasteiger partial charge on any atom is 0.276 e. The van der Waals surface area contributed by atoms with Crippen LogP contribution in [0.25, 0.3) is 5.57 Å². The summed E-state index contributed by atoms with van der Waals surface area (Å²) in [5, 5.41) is 13.7. The van der Waals surface area contributed by atoms with E-state index in [1.807, 2.05) is 18.2 Å². The third kappa shape index (κ3) is 4.28. The molecule has 0 bridgehead atoms.